The second kappa shape index (κ2) is 4.83. The predicted octanol–water partition coefficient (Wildman–Crippen LogP) is 1.13. The van der Waals surface area contributed by atoms with Gasteiger partial charge in [-0.05, 0) is 12.8 Å². The zero-order valence-corrected chi connectivity index (χ0v) is 12.2. The second-order valence-corrected chi connectivity index (χ2v) is 7.79. The van der Waals surface area contributed by atoms with Crippen molar-refractivity contribution in [3.05, 3.63) is 16.9 Å². The van der Waals surface area contributed by atoms with Gasteiger partial charge in [-0.25, -0.2) is 8.42 Å². The Morgan fingerprint density at radius 3 is 2.61 bits per heavy atom. The molecule has 0 bridgehead atoms. The Hall–Kier alpha value is -0.590. The van der Waals surface area contributed by atoms with Gasteiger partial charge >= 0.3 is 0 Å². The van der Waals surface area contributed by atoms with Gasteiger partial charge in [0.15, 0.2) is 9.84 Å². The lowest BCUT2D eigenvalue weighted by atomic mass is 9.84. The van der Waals surface area contributed by atoms with Crippen LogP contribution < -0.4 is 5.32 Å². The minimum Gasteiger partial charge on any atom is -0.310 e. The summed E-state index contributed by atoms with van der Waals surface area (Å²) >= 11 is 5.99. The van der Waals surface area contributed by atoms with Crippen LogP contribution in [0.25, 0.3) is 0 Å². The van der Waals surface area contributed by atoms with E-state index in [-0.39, 0.29) is 0 Å². The zero-order valence-electron chi connectivity index (χ0n) is 10.6. The number of nitrogens with zero attached hydrogens (tertiary/aromatic N) is 2. The molecule has 0 amide bonds. The maximum absolute atomic E-state index is 11.8. The van der Waals surface area contributed by atoms with Crippen LogP contribution in [-0.4, -0.2) is 35.7 Å². The Labute approximate surface area is 112 Å². The maximum atomic E-state index is 11.8. The number of halogens is 1. The Morgan fingerprint density at radius 2 is 2.22 bits per heavy atom. The average molecular weight is 292 g/mol. The largest absolute Gasteiger partial charge is 0.310 e. The second-order valence-electron chi connectivity index (χ2n) is 4.98. The molecule has 1 heterocycles. The molecule has 0 aliphatic heterocycles. The molecule has 18 heavy (non-hydrogen) atoms. The van der Waals surface area contributed by atoms with Gasteiger partial charge in [-0.2, -0.15) is 5.10 Å². The highest BCUT2D eigenvalue weighted by molar-refractivity contribution is 7.92. The molecule has 0 aromatic carbocycles. The minimum atomic E-state index is -3.01. The molecule has 0 atom stereocenters. The molecule has 1 aromatic rings. The Balaban J connectivity index is 1.97. The summed E-state index contributed by atoms with van der Waals surface area (Å²) in [6, 6.07) is 0. The molecule has 0 unspecified atom stereocenters. The van der Waals surface area contributed by atoms with E-state index in [2.05, 4.69) is 10.4 Å². The molecule has 1 aromatic heterocycles. The van der Waals surface area contributed by atoms with E-state index in [1.165, 1.54) is 6.26 Å². The molecule has 1 saturated carbocycles. The Morgan fingerprint density at radius 1 is 1.56 bits per heavy atom. The molecular formula is C11H18ClN3O2S. The van der Waals surface area contributed by atoms with Gasteiger partial charge in [0.2, 0.25) is 0 Å². The van der Waals surface area contributed by atoms with Crippen LogP contribution in [0.3, 0.4) is 0 Å². The first-order valence-electron chi connectivity index (χ1n) is 5.92. The summed E-state index contributed by atoms with van der Waals surface area (Å²) in [4.78, 5) is 0. The SMILES string of the molecule is Cn1ncc(Cl)c1CNCC1(S(C)(=O)=O)CCC1. The molecule has 0 saturated heterocycles. The molecule has 7 heteroatoms. The lowest BCUT2D eigenvalue weighted by Crippen LogP contribution is -2.52. The first kappa shape index (κ1) is 13.8. The van der Waals surface area contributed by atoms with E-state index in [0.29, 0.717) is 18.1 Å². The number of hydrogen-bond acceptors (Lipinski definition) is 4. The van der Waals surface area contributed by atoms with Crippen molar-refractivity contribution in [1.82, 2.24) is 15.1 Å². The van der Waals surface area contributed by atoms with Gasteiger partial charge in [0, 0.05) is 26.4 Å². The first-order valence-corrected chi connectivity index (χ1v) is 8.19. The topological polar surface area (TPSA) is 64.0 Å². The standard InChI is InChI=1S/C11H18ClN3O2S/c1-15-10(9(12)6-14-15)7-13-8-11(4-3-5-11)18(2,16)17/h6,13H,3-5,7-8H2,1-2H3. The molecule has 0 spiro atoms. The third-order valence-corrected chi connectivity index (χ3v) is 6.24. The molecule has 102 valence electrons. The smallest absolute Gasteiger partial charge is 0.154 e. The minimum absolute atomic E-state index is 0.480. The van der Waals surface area contributed by atoms with Crippen molar-refractivity contribution in [2.75, 3.05) is 12.8 Å². The summed E-state index contributed by atoms with van der Waals surface area (Å²) in [5.74, 6) is 0. The number of nitrogens with one attached hydrogen (secondary N) is 1. The van der Waals surface area contributed by atoms with Crippen LogP contribution in [0, 0.1) is 0 Å². The Bertz CT molecular complexity index is 515. The third kappa shape index (κ3) is 2.41. The summed E-state index contributed by atoms with van der Waals surface area (Å²) < 4.78 is 24.7. The third-order valence-electron chi connectivity index (χ3n) is 3.80. The van der Waals surface area contributed by atoms with E-state index >= 15 is 0 Å². The van der Waals surface area contributed by atoms with Gasteiger partial charge < -0.3 is 5.32 Å². The summed E-state index contributed by atoms with van der Waals surface area (Å²) in [5.41, 5.74) is 0.875. The van der Waals surface area contributed by atoms with Crippen LogP contribution >= 0.6 is 11.6 Å². The highest BCUT2D eigenvalue weighted by atomic mass is 35.5. The van der Waals surface area contributed by atoms with Crippen LogP contribution in [0.15, 0.2) is 6.20 Å². The highest BCUT2D eigenvalue weighted by Crippen LogP contribution is 2.38. The van der Waals surface area contributed by atoms with E-state index in [1.54, 1.807) is 10.9 Å². The summed E-state index contributed by atoms with van der Waals surface area (Å²) in [6.45, 7) is 1.01. The Kier molecular flexibility index (Phi) is 3.71. The average Bonchev–Trinajstić information content (AvgIpc) is 2.50. The number of aromatic nitrogens is 2. The van der Waals surface area contributed by atoms with E-state index in [4.69, 9.17) is 11.6 Å². The van der Waals surface area contributed by atoms with E-state index in [0.717, 1.165) is 25.0 Å². The first-order chi connectivity index (χ1) is 8.36. The molecule has 0 radical (unpaired) electrons. The van der Waals surface area contributed by atoms with Crippen LogP contribution in [0.5, 0.6) is 0 Å². The van der Waals surface area contributed by atoms with Crippen molar-refractivity contribution in [3.8, 4) is 0 Å². The van der Waals surface area contributed by atoms with Crippen LogP contribution in [-0.2, 0) is 23.4 Å². The molecule has 1 fully saturated rings. The van der Waals surface area contributed by atoms with Crippen molar-refractivity contribution in [3.63, 3.8) is 0 Å². The quantitative estimate of drug-likeness (QED) is 0.883. The molecule has 1 N–H and O–H groups in total. The van der Waals surface area contributed by atoms with Crippen molar-refractivity contribution < 1.29 is 8.42 Å². The van der Waals surface area contributed by atoms with Crippen LogP contribution in [0.4, 0.5) is 0 Å². The lowest BCUT2D eigenvalue weighted by Gasteiger charge is -2.40. The van der Waals surface area contributed by atoms with Crippen LogP contribution in [0.1, 0.15) is 25.0 Å². The fourth-order valence-corrected chi connectivity index (χ4v) is 3.92. The predicted molar refractivity (Wildman–Crippen MR) is 71.4 cm³/mol. The van der Waals surface area contributed by atoms with Gasteiger partial charge in [0.1, 0.15) is 0 Å². The molecule has 1 aliphatic carbocycles. The zero-order chi connectivity index (χ0) is 13.4. The molecule has 5 nitrogen and oxygen atoms in total. The van der Waals surface area contributed by atoms with Crippen molar-refractivity contribution >= 4 is 21.4 Å². The molecular weight excluding hydrogens is 274 g/mol. The monoisotopic (exact) mass is 291 g/mol. The molecule has 2 rings (SSSR count). The number of sulfone groups is 1. The number of aryl methyl sites for hydroxylation is 1. The normalized spacial score (nSPS) is 18.6. The highest BCUT2D eigenvalue weighted by Gasteiger charge is 2.45. The summed E-state index contributed by atoms with van der Waals surface area (Å²) in [7, 11) is -1.19. The number of hydrogen-bond donors (Lipinski definition) is 1. The van der Waals surface area contributed by atoms with Gasteiger partial charge in [-0.1, -0.05) is 18.0 Å². The van der Waals surface area contributed by atoms with E-state index < -0.39 is 14.6 Å². The van der Waals surface area contributed by atoms with E-state index in [1.807, 2.05) is 7.05 Å². The van der Waals surface area contributed by atoms with Crippen molar-refractivity contribution in [1.29, 1.82) is 0 Å². The van der Waals surface area contributed by atoms with Gasteiger partial charge in [0.25, 0.3) is 0 Å². The lowest BCUT2D eigenvalue weighted by molar-refractivity contribution is 0.322. The van der Waals surface area contributed by atoms with Crippen molar-refractivity contribution in [2.45, 2.75) is 30.6 Å². The van der Waals surface area contributed by atoms with Crippen molar-refractivity contribution in [2.24, 2.45) is 7.05 Å². The molecule has 1 aliphatic rings. The fourth-order valence-electron chi connectivity index (χ4n) is 2.29. The van der Waals surface area contributed by atoms with Crippen LogP contribution in [0.2, 0.25) is 5.02 Å². The van der Waals surface area contributed by atoms with Gasteiger partial charge in [-0.3, -0.25) is 4.68 Å². The summed E-state index contributed by atoms with van der Waals surface area (Å²) in [5, 5.41) is 7.84. The van der Waals surface area contributed by atoms with Gasteiger partial charge in [-0.15, -0.1) is 0 Å². The van der Waals surface area contributed by atoms with E-state index in [9.17, 15) is 8.42 Å². The summed E-state index contributed by atoms with van der Waals surface area (Å²) in [6.07, 6.45) is 5.40. The number of rotatable bonds is 5. The van der Waals surface area contributed by atoms with Gasteiger partial charge in [0.05, 0.1) is 21.7 Å². The fraction of sp³-hybridized carbons (Fsp3) is 0.727. The maximum Gasteiger partial charge on any atom is 0.154 e.